The molecule has 1 rings (SSSR count). The maximum atomic E-state index is 12.0. The van der Waals surface area contributed by atoms with Crippen molar-refractivity contribution >= 4 is 18.3 Å². The van der Waals surface area contributed by atoms with Gasteiger partial charge in [-0.05, 0) is 32.0 Å². The summed E-state index contributed by atoms with van der Waals surface area (Å²) in [7, 11) is 1.53. The molecule has 1 aromatic rings. The van der Waals surface area contributed by atoms with E-state index in [0.29, 0.717) is 30.2 Å². The summed E-state index contributed by atoms with van der Waals surface area (Å²) in [4.78, 5) is 12.0. The standard InChI is InChI=1S/C15H22N2O3.ClH/c1-5-8-20-12-7-6-11(9-13(12)19-4)14(18)17-10-15(2,3)16;/h5-7,9H,1,8,10,16H2,2-4H3,(H,17,18);1H. The second-order valence-corrected chi connectivity index (χ2v) is 5.14. The number of rotatable bonds is 7. The number of hydrogen-bond acceptors (Lipinski definition) is 4. The van der Waals surface area contributed by atoms with E-state index in [0.717, 1.165) is 0 Å². The molecule has 6 heteroatoms. The van der Waals surface area contributed by atoms with E-state index in [-0.39, 0.29) is 18.3 Å². The third kappa shape index (κ3) is 6.51. The zero-order chi connectivity index (χ0) is 15.2. The highest BCUT2D eigenvalue weighted by molar-refractivity contribution is 5.94. The maximum absolute atomic E-state index is 12.0. The Morgan fingerprint density at radius 2 is 2.10 bits per heavy atom. The fourth-order valence-electron chi connectivity index (χ4n) is 1.49. The van der Waals surface area contributed by atoms with Gasteiger partial charge in [0.2, 0.25) is 0 Å². The summed E-state index contributed by atoms with van der Waals surface area (Å²) in [6.07, 6.45) is 1.64. The van der Waals surface area contributed by atoms with Crippen molar-refractivity contribution in [2.24, 2.45) is 5.73 Å². The number of methoxy groups -OCH3 is 1. The van der Waals surface area contributed by atoms with Crippen LogP contribution in [0, 0.1) is 0 Å². The highest BCUT2D eigenvalue weighted by Gasteiger charge is 2.15. The minimum atomic E-state index is -0.452. The molecular weight excluding hydrogens is 292 g/mol. The molecule has 118 valence electrons. The minimum absolute atomic E-state index is 0. The van der Waals surface area contributed by atoms with Crippen LogP contribution < -0.4 is 20.5 Å². The molecule has 0 heterocycles. The highest BCUT2D eigenvalue weighted by Crippen LogP contribution is 2.28. The molecule has 0 atom stereocenters. The first kappa shape index (κ1) is 19.3. The van der Waals surface area contributed by atoms with E-state index in [9.17, 15) is 4.79 Å². The molecular formula is C15H23ClN2O3. The van der Waals surface area contributed by atoms with Crippen molar-refractivity contribution in [1.29, 1.82) is 0 Å². The van der Waals surface area contributed by atoms with Crippen molar-refractivity contribution < 1.29 is 14.3 Å². The van der Waals surface area contributed by atoms with Crippen LogP contribution in [0.3, 0.4) is 0 Å². The molecule has 0 bridgehead atoms. The molecule has 0 aliphatic carbocycles. The lowest BCUT2D eigenvalue weighted by molar-refractivity contribution is 0.0945. The van der Waals surface area contributed by atoms with Gasteiger partial charge in [-0.2, -0.15) is 0 Å². The van der Waals surface area contributed by atoms with Crippen LogP contribution in [0.25, 0.3) is 0 Å². The highest BCUT2D eigenvalue weighted by atomic mass is 35.5. The van der Waals surface area contributed by atoms with Gasteiger partial charge in [0.15, 0.2) is 11.5 Å². The molecule has 0 unspecified atom stereocenters. The van der Waals surface area contributed by atoms with E-state index in [1.165, 1.54) is 7.11 Å². The largest absolute Gasteiger partial charge is 0.493 e. The van der Waals surface area contributed by atoms with Gasteiger partial charge in [-0.15, -0.1) is 12.4 Å². The maximum Gasteiger partial charge on any atom is 0.251 e. The second kappa shape index (κ2) is 8.54. The van der Waals surface area contributed by atoms with Gasteiger partial charge in [-0.3, -0.25) is 4.79 Å². The topological polar surface area (TPSA) is 73.6 Å². The molecule has 1 aromatic carbocycles. The zero-order valence-electron chi connectivity index (χ0n) is 12.6. The first-order valence-electron chi connectivity index (χ1n) is 6.36. The zero-order valence-corrected chi connectivity index (χ0v) is 13.5. The van der Waals surface area contributed by atoms with Gasteiger partial charge in [0.05, 0.1) is 7.11 Å². The molecule has 0 saturated heterocycles. The van der Waals surface area contributed by atoms with Crippen LogP contribution in [0.2, 0.25) is 0 Å². The Labute approximate surface area is 131 Å². The molecule has 0 spiro atoms. The van der Waals surface area contributed by atoms with E-state index in [1.807, 2.05) is 13.8 Å². The van der Waals surface area contributed by atoms with Gasteiger partial charge in [0.25, 0.3) is 5.91 Å². The van der Waals surface area contributed by atoms with Crippen molar-refractivity contribution in [3.8, 4) is 11.5 Å². The summed E-state index contributed by atoms with van der Waals surface area (Å²) in [5, 5.41) is 2.78. The average Bonchev–Trinajstić information content (AvgIpc) is 2.41. The molecule has 0 radical (unpaired) electrons. The minimum Gasteiger partial charge on any atom is -0.493 e. The number of benzene rings is 1. The van der Waals surface area contributed by atoms with Gasteiger partial charge < -0.3 is 20.5 Å². The number of amides is 1. The molecule has 3 N–H and O–H groups in total. The number of hydrogen-bond donors (Lipinski definition) is 2. The number of ether oxygens (including phenoxy) is 2. The van der Waals surface area contributed by atoms with Crippen molar-refractivity contribution in [1.82, 2.24) is 5.32 Å². The Morgan fingerprint density at radius 1 is 1.43 bits per heavy atom. The lowest BCUT2D eigenvalue weighted by Gasteiger charge is -2.19. The average molecular weight is 315 g/mol. The lowest BCUT2D eigenvalue weighted by atomic mass is 10.1. The smallest absolute Gasteiger partial charge is 0.251 e. The Balaban J connectivity index is 0.00000400. The quantitative estimate of drug-likeness (QED) is 0.756. The number of carbonyl (C=O) groups excluding carboxylic acids is 1. The van der Waals surface area contributed by atoms with Gasteiger partial charge >= 0.3 is 0 Å². The summed E-state index contributed by atoms with van der Waals surface area (Å²) in [6.45, 7) is 8.05. The lowest BCUT2D eigenvalue weighted by Crippen LogP contribution is -2.45. The fourth-order valence-corrected chi connectivity index (χ4v) is 1.49. The predicted octanol–water partition coefficient (Wildman–Crippen LogP) is 2.15. The number of carbonyl (C=O) groups is 1. The van der Waals surface area contributed by atoms with E-state index in [1.54, 1.807) is 24.3 Å². The normalized spacial score (nSPS) is 10.3. The van der Waals surface area contributed by atoms with Gasteiger partial charge in [-0.1, -0.05) is 12.7 Å². The molecule has 0 aromatic heterocycles. The third-order valence-corrected chi connectivity index (χ3v) is 2.49. The van der Waals surface area contributed by atoms with Crippen molar-refractivity contribution in [2.75, 3.05) is 20.3 Å². The van der Waals surface area contributed by atoms with Crippen molar-refractivity contribution in [3.63, 3.8) is 0 Å². The van der Waals surface area contributed by atoms with Gasteiger partial charge in [0, 0.05) is 17.6 Å². The van der Waals surface area contributed by atoms with Crippen LogP contribution in [0.15, 0.2) is 30.9 Å². The molecule has 1 amide bonds. The first-order valence-corrected chi connectivity index (χ1v) is 6.36. The van der Waals surface area contributed by atoms with E-state index in [4.69, 9.17) is 15.2 Å². The van der Waals surface area contributed by atoms with Gasteiger partial charge in [0.1, 0.15) is 6.61 Å². The van der Waals surface area contributed by atoms with E-state index in [2.05, 4.69) is 11.9 Å². The predicted molar refractivity (Wildman–Crippen MR) is 86.5 cm³/mol. The van der Waals surface area contributed by atoms with Crippen molar-refractivity contribution in [2.45, 2.75) is 19.4 Å². The summed E-state index contributed by atoms with van der Waals surface area (Å²) in [6, 6.07) is 5.02. The molecule has 0 fully saturated rings. The number of halogens is 1. The molecule has 21 heavy (non-hydrogen) atoms. The summed E-state index contributed by atoms with van der Waals surface area (Å²) in [5.74, 6) is 0.881. The third-order valence-electron chi connectivity index (χ3n) is 2.49. The van der Waals surface area contributed by atoms with Crippen molar-refractivity contribution in [3.05, 3.63) is 36.4 Å². The summed E-state index contributed by atoms with van der Waals surface area (Å²) in [5.41, 5.74) is 5.87. The van der Waals surface area contributed by atoms with Crippen LogP contribution in [-0.2, 0) is 0 Å². The Morgan fingerprint density at radius 3 is 2.62 bits per heavy atom. The Kier molecular flexibility index (Phi) is 7.84. The van der Waals surface area contributed by atoms with Crippen LogP contribution in [0.5, 0.6) is 11.5 Å². The SMILES string of the molecule is C=CCOc1ccc(C(=O)NCC(C)(C)N)cc1OC.Cl. The molecule has 0 aliphatic heterocycles. The fraction of sp³-hybridized carbons (Fsp3) is 0.400. The summed E-state index contributed by atoms with van der Waals surface area (Å²) < 4.78 is 10.6. The van der Waals surface area contributed by atoms with Crippen LogP contribution >= 0.6 is 12.4 Å². The summed E-state index contributed by atoms with van der Waals surface area (Å²) >= 11 is 0. The molecule has 0 aliphatic rings. The van der Waals surface area contributed by atoms with E-state index >= 15 is 0 Å². The Bertz CT molecular complexity index is 484. The number of nitrogens with one attached hydrogen (secondary N) is 1. The van der Waals surface area contributed by atoms with Crippen LogP contribution in [0.4, 0.5) is 0 Å². The number of nitrogens with two attached hydrogens (primary N) is 1. The second-order valence-electron chi connectivity index (χ2n) is 5.14. The first-order chi connectivity index (χ1) is 9.37. The van der Waals surface area contributed by atoms with E-state index < -0.39 is 5.54 Å². The van der Waals surface area contributed by atoms with Crippen LogP contribution in [0.1, 0.15) is 24.2 Å². The Hall–Kier alpha value is -1.72. The molecule has 0 saturated carbocycles. The van der Waals surface area contributed by atoms with Crippen LogP contribution in [-0.4, -0.2) is 31.7 Å². The molecule has 5 nitrogen and oxygen atoms in total. The monoisotopic (exact) mass is 314 g/mol. The van der Waals surface area contributed by atoms with Gasteiger partial charge in [-0.25, -0.2) is 0 Å².